The lowest BCUT2D eigenvalue weighted by molar-refractivity contribution is 0.185. The van der Waals surface area contributed by atoms with Gasteiger partial charge in [-0.05, 0) is 24.6 Å². The maximum atomic E-state index is 5.74. The van der Waals surface area contributed by atoms with Gasteiger partial charge in [-0.1, -0.05) is 17.3 Å². The fraction of sp³-hybridized carbons (Fsp3) is 0.333. The molecule has 0 aliphatic carbocycles. The molecule has 17 heavy (non-hydrogen) atoms. The minimum Gasteiger partial charge on any atom is -0.380 e. The van der Waals surface area contributed by atoms with Gasteiger partial charge in [-0.3, -0.25) is 0 Å². The van der Waals surface area contributed by atoms with Gasteiger partial charge in [0, 0.05) is 13.2 Å². The number of hydrogen-bond donors (Lipinski definition) is 1. The number of methoxy groups -OCH3 is 1. The van der Waals surface area contributed by atoms with Crippen LogP contribution in [-0.2, 0) is 11.3 Å². The van der Waals surface area contributed by atoms with E-state index in [1.807, 2.05) is 37.4 Å². The number of rotatable bonds is 4. The Kier molecular flexibility index (Phi) is 3.51. The summed E-state index contributed by atoms with van der Waals surface area (Å²) in [6, 6.07) is 7.87. The van der Waals surface area contributed by atoms with E-state index in [-0.39, 0.29) is 6.04 Å². The average Bonchev–Trinajstić information content (AvgIpc) is 2.80. The Hall–Kier alpha value is -1.72. The third-order valence-electron chi connectivity index (χ3n) is 2.49. The summed E-state index contributed by atoms with van der Waals surface area (Å²) in [4.78, 5) is 0. The van der Waals surface area contributed by atoms with Crippen LogP contribution in [0.2, 0.25) is 0 Å². The zero-order chi connectivity index (χ0) is 12.3. The van der Waals surface area contributed by atoms with Crippen molar-refractivity contribution in [1.29, 1.82) is 0 Å². The molecule has 0 amide bonds. The first-order chi connectivity index (χ1) is 8.20. The van der Waals surface area contributed by atoms with Gasteiger partial charge < -0.3 is 10.5 Å². The molecule has 0 bridgehead atoms. The summed E-state index contributed by atoms with van der Waals surface area (Å²) in [5.74, 6) is 0. The van der Waals surface area contributed by atoms with Crippen LogP contribution in [0.3, 0.4) is 0 Å². The van der Waals surface area contributed by atoms with Crippen molar-refractivity contribution >= 4 is 0 Å². The normalized spacial score (nSPS) is 12.6. The molecular formula is C12H16N4O. The van der Waals surface area contributed by atoms with Crippen molar-refractivity contribution in [3.8, 4) is 5.69 Å². The van der Waals surface area contributed by atoms with Crippen LogP contribution in [-0.4, -0.2) is 22.1 Å². The van der Waals surface area contributed by atoms with E-state index in [2.05, 4.69) is 10.3 Å². The summed E-state index contributed by atoms with van der Waals surface area (Å²) in [5, 5.41) is 8.05. The molecule has 1 atom stereocenters. The third-order valence-corrected chi connectivity index (χ3v) is 2.49. The van der Waals surface area contributed by atoms with Gasteiger partial charge in [-0.2, -0.15) is 0 Å². The molecular weight excluding hydrogens is 216 g/mol. The Morgan fingerprint density at radius 1 is 1.35 bits per heavy atom. The maximum absolute atomic E-state index is 5.74. The highest BCUT2D eigenvalue weighted by Gasteiger charge is 2.06. The lowest BCUT2D eigenvalue weighted by Gasteiger charge is -2.02. The number of hydrogen-bond acceptors (Lipinski definition) is 4. The molecule has 0 aliphatic heterocycles. The van der Waals surface area contributed by atoms with Crippen molar-refractivity contribution in [2.75, 3.05) is 7.11 Å². The summed E-state index contributed by atoms with van der Waals surface area (Å²) in [6.45, 7) is 2.50. The molecule has 0 spiro atoms. The van der Waals surface area contributed by atoms with E-state index in [1.165, 1.54) is 0 Å². The van der Waals surface area contributed by atoms with E-state index in [0.717, 1.165) is 16.9 Å². The molecule has 5 heteroatoms. The summed E-state index contributed by atoms with van der Waals surface area (Å²) >= 11 is 0. The van der Waals surface area contributed by atoms with Gasteiger partial charge >= 0.3 is 0 Å². The van der Waals surface area contributed by atoms with Crippen LogP contribution in [0.25, 0.3) is 5.69 Å². The molecule has 0 saturated heterocycles. The van der Waals surface area contributed by atoms with Gasteiger partial charge in [0.2, 0.25) is 0 Å². The zero-order valence-corrected chi connectivity index (χ0v) is 10.00. The standard InChI is InChI=1S/C12H16N4O/c1-9(13)12-7-16(15-14-12)11-5-3-10(4-6-11)8-17-2/h3-7,9H,8,13H2,1-2H3. The van der Waals surface area contributed by atoms with Crippen LogP contribution < -0.4 is 5.73 Å². The highest BCUT2D eigenvalue weighted by Crippen LogP contribution is 2.11. The molecule has 1 heterocycles. The topological polar surface area (TPSA) is 66.0 Å². The van der Waals surface area contributed by atoms with Crippen LogP contribution in [0.15, 0.2) is 30.5 Å². The van der Waals surface area contributed by atoms with Gasteiger partial charge in [0.25, 0.3) is 0 Å². The van der Waals surface area contributed by atoms with Crippen LogP contribution >= 0.6 is 0 Å². The molecule has 1 aromatic carbocycles. The molecule has 5 nitrogen and oxygen atoms in total. The van der Waals surface area contributed by atoms with Gasteiger partial charge in [-0.25, -0.2) is 4.68 Å². The monoisotopic (exact) mass is 232 g/mol. The molecule has 0 aliphatic rings. The van der Waals surface area contributed by atoms with E-state index >= 15 is 0 Å². The summed E-state index contributed by atoms with van der Waals surface area (Å²) in [5.41, 5.74) is 8.61. The van der Waals surface area contributed by atoms with Crippen molar-refractivity contribution in [2.24, 2.45) is 5.73 Å². The predicted molar refractivity (Wildman–Crippen MR) is 64.7 cm³/mol. The lowest BCUT2D eigenvalue weighted by atomic mass is 10.2. The predicted octanol–water partition coefficient (Wildman–Crippen LogP) is 1.43. The number of nitrogens with two attached hydrogens (primary N) is 1. The number of aromatic nitrogens is 3. The molecule has 90 valence electrons. The Morgan fingerprint density at radius 2 is 2.06 bits per heavy atom. The highest BCUT2D eigenvalue weighted by molar-refractivity contribution is 5.33. The lowest BCUT2D eigenvalue weighted by Crippen LogP contribution is -2.04. The first kappa shape index (κ1) is 11.8. The minimum absolute atomic E-state index is 0.100. The van der Waals surface area contributed by atoms with Gasteiger partial charge in [0.1, 0.15) is 0 Å². The molecule has 2 rings (SSSR count). The van der Waals surface area contributed by atoms with Crippen LogP contribution in [0.5, 0.6) is 0 Å². The van der Waals surface area contributed by atoms with E-state index < -0.39 is 0 Å². The Balaban J connectivity index is 2.21. The van der Waals surface area contributed by atoms with Crippen LogP contribution in [0.1, 0.15) is 24.2 Å². The zero-order valence-electron chi connectivity index (χ0n) is 10.00. The first-order valence-electron chi connectivity index (χ1n) is 5.47. The van der Waals surface area contributed by atoms with Crippen molar-refractivity contribution in [2.45, 2.75) is 19.6 Å². The van der Waals surface area contributed by atoms with Gasteiger partial charge in [0.05, 0.1) is 24.2 Å². The summed E-state index contributed by atoms with van der Waals surface area (Å²) in [7, 11) is 1.68. The van der Waals surface area contributed by atoms with Crippen molar-refractivity contribution in [3.05, 3.63) is 41.7 Å². The average molecular weight is 232 g/mol. The molecule has 1 unspecified atom stereocenters. The highest BCUT2D eigenvalue weighted by atomic mass is 16.5. The Labute approximate surface area is 100 Å². The second kappa shape index (κ2) is 5.07. The third kappa shape index (κ3) is 2.69. The number of benzene rings is 1. The molecule has 2 N–H and O–H groups in total. The molecule has 2 aromatic rings. The number of ether oxygens (including phenoxy) is 1. The smallest absolute Gasteiger partial charge is 0.0995 e. The molecule has 0 fully saturated rings. The fourth-order valence-corrected chi connectivity index (χ4v) is 1.52. The van der Waals surface area contributed by atoms with Crippen LogP contribution in [0, 0.1) is 0 Å². The quantitative estimate of drug-likeness (QED) is 0.866. The second-order valence-corrected chi connectivity index (χ2v) is 3.98. The van der Waals surface area contributed by atoms with Crippen molar-refractivity contribution in [1.82, 2.24) is 15.0 Å². The van der Waals surface area contributed by atoms with Gasteiger partial charge in [-0.15, -0.1) is 5.10 Å². The van der Waals surface area contributed by atoms with E-state index in [9.17, 15) is 0 Å². The summed E-state index contributed by atoms with van der Waals surface area (Å²) < 4.78 is 6.78. The van der Waals surface area contributed by atoms with E-state index in [4.69, 9.17) is 10.5 Å². The fourth-order valence-electron chi connectivity index (χ4n) is 1.52. The second-order valence-electron chi connectivity index (χ2n) is 3.98. The molecule has 1 aromatic heterocycles. The SMILES string of the molecule is COCc1ccc(-n2cc(C(C)N)nn2)cc1. The molecule has 0 saturated carbocycles. The van der Waals surface area contributed by atoms with E-state index in [1.54, 1.807) is 11.8 Å². The molecule has 0 radical (unpaired) electrons. The van der Waals surface area contributed by atoms with Crippen molar-refractivity contribution in [3.63, 3.8) is 0 Å². The maximum Gasteiger partial charge on any atom is 0.0995 e. The Bertz CT molecular complexity index is 476. The Morgan fingerprint density at radius 3 is 2.59 bits per heavy atom. The largest absolute Gasteiger partial charge is 0.380 e. The van der Waals surface area contributed by atoms with Gasteiger partial charge in [0.15, 0.2) is 0 Å². The number of nitrogens with zero attached hydrogens (tertiary/aromatic N) is 3. The first-order valence-corrected chi connectivity index (χ1v) is 5.47. The van der Waals surface area contributed by atoms with E-state index in [0.29, 0.717) is 6.61 Å². The van der Waals surface area contributed by atoms with Crippen LogP contribution in [0.4, 0.5) is 0 Å². The minimum atomic E-state index is -0.100. The summed E-state index contributed by atoms with van der Waals surface area (Å²) in [6.07, 6.45) is 1.84. The van der Waals surface area contributed by atoms with Crippen molar-refractivity contribution < 1.29 is 4.74 Å².